The first-order chi connectivity index (χ1) is 9.19. The zero-order chi connectivity index (χ0) is 13.5. The molecule has 3 rings (SSSR count). The molecule has 4 nitrogen and oxygen atoms in total. The summed E-state index contributed by atoms with van der Waals surface area (Å²) in [7, 11) is 1.55. The molecule has 0 spiro atoms. The van der Waals surface area contributed by atoms with Gasteiger partial charge in [-0.3, -0.25) is 0 Å². The van der Waals surface area contributed by atoms with Gasteiger partial charge in [-0.1, -0.05) is 12.5 Å². The molecule has 19 heavy (non-hydrogen) atoms. The Labute approximate surface area is 113 Å². The van der Waals surface area contributed by atoms with Gasteiger partial charge in [-0.2, -0.15) is 5.26 Å². The number of rotatable bonds is 3. The monoisotopic (exact) mass is 258 g/mol. The predicted molar refractivity (Wildman–Crippen MR) is 69.2 cm³/mol. The SMILES string of the molecule is COc1cccc(C(O)C2(C#N)CC3CCC2C3)n1. The average Bonchev–Trinajstić information content (AvgIpc) is 3.07. The van der Waals surface area contributed by atoms with Crippen molar-refractivity contribution in [3.63, 3.8) is 0 Å². The molecular weight excluding hydrogens is 240 g/mol. The Morgan fingerprint density at radius 2 is 2.37 bits per heavy atom. The van der Waals surface area contributed by atoms with Crippen LogP contribution >= 0.6 is 0 Å². The van der Waals surface area contributed by atoms with E-state index in [0.29, 0.717) is 23.4 Å². The summed E-state index contributed by atoms with van der Waals surface area (Å²) < 4.78 is 5.09. The fourth-order valence-electron chi connectivity index (χ4n) is 3.87. The van der Waals surface area contributed by atoms with Crippen LogP contribution in [0.2, 0.25) is 0 Å². The van der Waals surface area contributed by atoms with Crippen LogP contribution < -0.4 is 4.74 Å². The fraction of sp³-hybridized carbons (Fsp3) is 0.600. The first-order valence-corrected chi connectivity index (χ1v) is 6.80. The number of aromatic nitrogens is 1. The number of aliphatic hydroxyl groups is 1. The second-order valence-corrected chi connectivity index (χ2v) is 5.74. The van der Waals surface area contributed by atoms with E-state index in [2.05, 4.69) is 11.1 Å². The maximum atomic E-state index is 10.7. The second-order valence-electron chi connectivity index (χ2n) is 5.74. The zero-order valence-electron chi connectivity index (χ0n) is 11.0. The number of nitriles is 1. The van der Waals surface area contributed by atoms with E-state index in [9.17, 15) is 10.4 Å². The third kappa shape index (κ3) is 1.81. The molecule has 0 aliphatic heterocycles. The minimum Gasteiger partial charge on any atom is -0.481 e. The topological polar surface area (TPSA) is 66.1 Å². The molecule has 2 aliphatic rings. The van der Waals surface area contributed by atoms with Crippen molar-refractivity contribution in [2.24, 2.45) is 17.3 Å². The molecule has 1 aromatic heterocycles. The first-order valence-electron chi connectivity index (χ1n) is 6.80. The summed E-state index contributed by atoms with van der Waals surface area (Å²) in [6.07, 6.45) is 3.32. The summed E-state index contributed by atoms with van der Waals surface area (Å²) in [6.45, 7) is 0. The number of aliphatic hydroxyl groups excluding tert-OH is 1. The maximum absolute atomic E-state index is 10.7. The molecule has 1 aromatic rings. The van der Waals surface area contributed by atoms with Gasteiger partial charge in [-0.15, -0.1) is 0 Å². The molecule has 4 heteroatoms. The Morgan fingerprint density at radius 3 is 2.95 bits per heavy atom. The van der Waals surface area contributed by atoms with Crippen molar-refractivity contribution in [3.05, 3.63) is 23.9 Å². The summed E-state index contributed by atoms with van der Waals surface area (Å²) in [5.41, 5.74) is -0.101. The molecule has 100 valence electrons. The Morgan fingerprint density at radius 1 is 1.53 bits per heavy atom. The normalized spacial score (nSPS) is 33.9. The van der Waals surface area contributed by atoms with E-state index in [1.54, 1.807) is 19.2 Å². The van der Waals surface area contributed by atoms with Gasteiger partial charge in [-0.05, 0) is 37.2 Å². The van der Waals surface area contributed by atoms with Gasteiger partial charge in [0.25, 0.3) is 0 Å². The molecule has 2 fully saturated rings. The Hall–Kier alpha value is -1.60. The molecule has 0 amide bonds. The molecule has 1 heterocycles. The Kier molecular flexibility index (Phi) is 2.94. The van der Waals surface area contributed by atoms with Gasteiger partial charge in [0, 0.05) is 6.07 Å². The maximum Gasteiger partial charge on any atom is 0.213 e. The van der Waals surface area contributed by atoms with Gasteiger partial charge in [0.05, 0.1) is 24.3 Å². The summed E-state index contributed by atoms with van der Waals surface area (Å²) >= 11 is 0. The molecule has 2 aliphatic carbocycles. The van der Waals surface area contributed by atoms with Gasteiger partial charge >= 0.3 is 0 Å². The highest BCUT2D eigenvalue weighted by Gasteiger charge is 2.56. The highest BCUT2D eigenvalue weighted by Crippen LogP contribution is 2.60. The quantitative estimate of drug-likeness (QED) is 0.904. The molecule has 2 saturated carbocycles. The number of hydrogen-bond acceptors (Lipinski definition) is 4. The van der Waals surface area contributed by atoms with Gasteiger partial charge in [0.15, 0.2) is 0 Å². The first kappa shape index (κ1) is 12.4. The fourth-order valence-corrected chi connectivity index (χ4v) is 3.87. The van der Waals surface area contributed by atoms with E-state index in [0.717, 1.165) is 19.3 Å². The number of nitrogens with zero attached hydrogens (tertiary/aromatic N) is 2. The number of methoxy groups -OCH3 is 1. The van der Waals surface area contributed by atoms with Crippen molar-refractivity contribution in [2.45, 2.75) is 31.8 Å². The number of pyridine rings is 1. The van der Waals surface area contributed by atoms with Crippen LogP contribution in [0.25, 0.3) is 0 Å². The lowest BCUT2D eigenvalue weighted by Crippen LogP contribution is -2.33. The third-order valence-electron chi connectivity index (χ3n) is 4.83. The van der Waals surface area contributed by atoms with E-state index in [1.807, 2.05) is 6.07 Å². The number of ether oxygens (including phenoxy) is 1. The lowest BCUT2D eigenvalue weighted by molar-refractivity contribution is 0.0199. The van der Waals surface area contributed by atoms with Gasteiger partial charge in [-0.25, -0.2) is 4.98 Å². The minimum atomic E-state index is -0.817. The van der Waals surface area contributed by atoms with E-state index in [4.69, 9.17) is 4.74 Å². The number of hydrogen-bond donors (Lipinski definition) is 1. The molecule has 0 radical (unpaired) electrons. The van der Waals surface area contributed by atoms with Gasteiger partial charge in [0.2, 0.25) is 5.88 Å². The van der Waals surface area contributed by atoms with Crippen molar-refractivity contribution >= 4 is 0 Å². The van der Waals surface area contributed by atoms with Crippen LogP contribution in [0.15, 0.2) is 18.2 Å². The molecule has 4 unspecified atom stereocenters. The second kappa shape index (κ2) is 4.50. The van der Waals surface area contributed by atoms with Crippen molar-refractivity contribution in [2.75, 3.05) is 7.11 Å². The predicted octanol–water partition coefficient (Wildman–Crippen LogP) is 2.45. The average molecular weight is 258 g/mol. The van der Waals surface area contributed by atoms with E-state index in [1.165, 1.54) is 6.42 Å². The highest BCUT2D eigenvalue weighted by molar-refractivity contribution is 5.24. The standard InChI is InChI=1S/C15H18N2O2/c1-19-13-4-2-3-12(17-13)14(18)15(9-16)8-10-5-6-11(15)7-10/h2-4,10-11,14,18H,5-8H2,1H3. The van der Waals surface area contributed by atoms with Crippen molar-refractivity contribution in [1.82, 2.24) is 4.98 Å². The van der Waals surface area contributed by atoms with Crippen LogP contribution in [0.5, 0.6) is 5.88 Å². The minimum absolute atomic E-state index is 0.311. The molecule has 4 atom stereocenters. The van der Waals surface area contributed by atoms with Crippen LogP contribution in [0, 0.1) is 28.6 Å². The van der Waals surface area contributed by atoms with Crippen LogP contribution in [-0.2, 0) is 0 Å². The molecule has 0 aromatic carbocycles. The van der Waals surface area contributed by atoms with Crippen LogP contribution in [0.4, 0.5) is 0 Å². The largest absolute Gasteiger partial charge is 0.481 e. The van der Waals surface area contributed by atoms with Crippen molar-refractivity contribution < 1.29 is 9.84 Å². The molecule has 2 bridgehead atoms. The van der Waals surface area contributed by atoms with E-state index in [-0.39, 0.29) is 0 Å². The lowest BCUT2D eigenvalue weighted by atomic mass is 9.69. The molecular formula is C15H18N2O2. The summed E-state index contributed by atoms with van der Waals surface area (Å²) in [6, 6.07) is 7.74. The van der Waals surface area contributed by atoms with Crippen LogP contribution in [0.1, 0.15) is 37.5 Å². The van der Waals surface area contributed by atoms with Gasteiger partial charge < -0.3 is 9.84 Å². The number of fused-ring (bicyclic) bond motifs is 2. The van der Waals surface area contributed by atoms with Crippen LogP contribution in [0.3, 0.4) is 0 Å². The third-order valence-corrected chi connectivity index (χ3v) is 4.83. The molecule has 0 saturated heterocycles. The Bertz CT molecular complexity index is 525. The highest BCUT2D eigenvalue weighted by atomic mass is 16.5. The van der Waals surface area contributed by atoms with E-state index >= 15 is 0 Å². The van der Waals surface area contributed by atoms with Crippen molar-refractivity contribution in [1.29, 1.82) is 5.26 Å². The van der Waals surface area contributed by atoms with Crippen LogP contribution in [-0.4, -0.2) is 17.2 Å². The zero-order valence-corrected chi connectivity index (χ0v) is 11.0. The van der Waals surface area contributed by atoms with Gasteiger partial charge in [0.1, 0.15) is 6.10 Å². The summed E-state index contributed by atoms with van der Waals surface area (Å²) in [4.78, 5) is 4.29. The lowest BCUT2D eigenvalue weighted by Gasteiger charge is -2.35. The van der Waals surface area contributed by atoms with E-state index < -0.39 is 11.5 Å². The smallest absolute Gasteiger partial charge is 0.213 e. The molecule has 1 N–H and O–H groups in total. The van der Waals surface area contributed by atoms with Crippen molar-refractivity contribution in [3.8, 4) is 11.9 Å². The Balaban J connectivity index is 1.94. The summed E-state index contributed by atoms with van der Waals surface area (Å²) in [5.74, 6) is 1.39. The summed E-state index contributed by atoms with van der Waals surface area (Å²) in [5, 5.41) is 20.3.